The molecule has 2 heteroatoms. The van der Waals surface area contributed by atoms with Crippen LogP contribution in [0.15, 0.2) is 267 Å². The molecule has 0 fully saturated rings. The summed E-state index contributed by atoms with van der Waals surface area (Å²) in [6.07, 6.45) is 0. The van der Waals surface area contributed by atoms with Crippen LogP contribution < -0.4 is 0 Å². The van der Waals surface area contributed by atoms with Crippen molar-refractivity contribution in [2.24, 2.45) is 0 Å². The normalized spacial score (nSPS) is 12.3. The predicted molar refractivity (Wildman–Crippen MR) is 277 cm³/mol. The number of hydrogen-bond donors (Lipinski definition) is 0. The summed E-state index contributed by atoms with van der Waals surface area (Å²) in [4.78, 5) is 11.3. The van der Waals surface area contributed by atoms with E-state index in [-0.39, 0.29) is 0 Å². The average molecular weight is 853 g/mol. The van der Waals surface area contributed by atoms with Crippen LogP contribution in [0.25, 0.3) is 89.5 Å². The largest absolute Gasteiger partial charge is 0.228 e. The third-order valence-corrected chi connectivity index (χ3v) is 13.3. The van der Waals surface area contributed by atoms with Crippen molar-refractivity contribution in [1.82, 2.24) is 9.97 Å². The van der Waals surface area contributed by atoms with Gasteiger partial charge in [-0.2, -0.15) is 0 Å². The minimum absolute atomic E-state index is 0.561. The van der Waals surface area contributed by atoms with Crippen LogP contribution in [-0.4, -0.2) is 9.97 Å². The third kappa shape index (κ3) is 7.17. The second-order valence-corrected chi connectivity index (χ2v) is 17.3. The van der Waals surface area contributed by atoms with Crippen molar-refractivity contribution in [3.8, 4) is 89.5 Å². The lowest BCUT2D eigenvalue weighted by Crippen LogP contribution is -2.28. The molecule has 0 saturated heterocycles. The third-order valence-electron chi connectivity index (χ3n) is 13.3. The van der Waals surface area contributed by atoms with E-state index < -0.39 is 5.41 Å². The van der Waals surface area contributed by atoms with Gasteiger partial charge in [-0.05, 0) is 120 Å². The molecule has 10 aromatic carbocycles. The van der Waals surface area contributed by atoms with Crippen molar-refractivity contribution < 1.29 is 0 Å². The maximum Gasteiger partial charge on any atom is 0.161 e. The first-order valence-electron chi connectivity index (χ1n) is 23.0. The van der Waals surface area contributed by atoms with Gasteiger partial charge in [0.15, 0.2) is 5.82 Å². The zero-order valence-corrected chi connectivity index (χ0v) is 36.8. The summed E-state index contributed by atoms with van der Waals surface area (Å²) in [6.45, 7) is 0. The quantitative estimate of drug-likeness (QED) is 0.145. The molecule has 1 heterocycles. The lowest BCUT2D eigenvalue weighted by molar-refractivity contribution is 0.768. The Morgan fingerprint density at radius 1 is 0.239 bits per heavy atom. The van der Waals surface area contributed by atoms with Crippen molar-refractivity contribution in [3.05, 3.63) is 289 Å². The fourth-order valence-electron chi connectivity index (χ4n) is 10.3. The Morgan fingerprint density at radius 3 is 0.985 bits per heavy atom. The van der Waals surface area contributed by atoms with E-state index in [9.17, 15) is 0 Å². The average Bonchev–Trinajstić information content (AvgIpc) is 3.73. The van der Waals surface area contributed by atoms with Gasteiger partial charge in [-0.3, -0.25) is 0 Å². The first-order chi connectivity index (χ1) is 33.2. The Morgan fingerprint density at radius 2 is 0.567 bits per heavy atom. The number of benzene rings is 10. The Hall–Kier alpha value is -8.72. The van der Waals surface area contributed by atoms with Gasteiger partial charge in [0.1, 0.15) is 0 Å². The van der Waals surface area contributed by atoms with Crippen LogP contribution in [0.5, 0.6) is 0 Å². The number of fused-ring (bicyclic) bond motifs is 3. The maximum absolute atomic E-state index is 5.66. The number of aromatic nitrogens is 2. The molecule has 12 rings (SSSR count). The molecule has 1 aliphatic carbocycles. The number of hydrogen-bond acceptors (Lipinski definition) is 2. The van der Waals surface area contributed by atoms with Gasteiger partial charge in [0.25, 0.3) is 0 Å². The summed E-state index contributed by atoms with van der Waals surface area (Å²) in [6, 6.07) is 96.1. The van der Waals surface area contributed by atoms with E-state index in [1.54, 1.807) is 0 Å². The number of rotatable bonds is 9. The van der Waals surface area contributed by atoms with Gasteiger partial charge in [-0.15, -0.1) is 0 Å². The van der Waals surface area contributed by atoms with E-state index >= 15 is 0 Å². The molecule has 0 amide bonds. The van der Waals surface area contributed by atoms with Gasteiger partial charge in [-0.1, -0.05) is 224 Å². The van der Waals surface area contributed by atoms with Crippen molar-refractivity contribution >= 4 is 0 Å². The fourth-order valence-corrected chi connectivity index (χ4v) is 10.3. The lowest BCUT2D eigenvalue weighted by atomic mass is 9.67. The molecule has 0 atom stereocenters. The van der Waals surface area contributed by atoms with E-state index in [1.807, 2.05) is 0 Å². The molecule has 0 spiro atoms. The molecule has 11 aromatic rings. The van der Waals surface area contributed by atoms with Crippen LogP contribution in [0.3, 0.4) is 0 Å². The van der Waals surface area contributed by atoms with E-state index in [1.165, 1.54) is 27.8 Å². The zero-order chi connectivity index (χ0) is 44.6. The second-order valence-electron chi connectivity index (χ2n) is 17.3. The van der Waals surface area contributed by atoms with E-state index in [4.69, 9.17) is 9.97 Å². The van der Waals surface area contributed by atoms with Crippen LogP contribution in [0.2, 0.25) is 0 Å². The second kappa shape index (κ2) is 17.0. The van der Waals surface area contributed by atoms with Gasteiger partial charge >= 0.3 is 0 Å². The predicted octanol–water partition coefficient (Wildman–Crippen LogP) is 16.5. The van der Waals surface area contributed by atoms with E-state index in [0.29, 0.717) is 5.82 Å². The van der Waals surface area contributed by atoms with Gasteiger partial charge < -0.3 is 0 Å². The highest BCUT2D eigenvalue weighted by Gasteiger charge is 2.47. The van der Waals surface area contributed by atoms with Gasteiger partial charge in [-0.25, -0.2) is 9.97 Å². The Balaban J connectivity index is 1.15. The van der Waals surface area contributed by atoms with Crippen LogP contribution in [0.1, 0.15) is 22.3 Å². The van der Waals surface area contributed by atoms with E-state index in [0.717, 1.165) is 78.1 Å². The molecular weight excluding hydrogens is 809 g/mol. The summed E-state index contributed by atoms with van der Waals surface area (Å²) in [5, 5.41) is 0. The number of nitrogens with zero attached hydrogens (tertiary/aromatic N) is 2. The summed E-state index contributed by atoms with van der Waals surface area (Å²) in [7, 11) is 0. The van der Waals surface area contributed by atoms with Crippen LogP contribution in [0.4, 0.5) is 0 Å². The first-order valence-corrected chi connectivity index (χ1v) is 23.0. The van der Waals surface area contributed by atoms with Gasteiger partial charge in [0.05, 0.1) is 16.8 Å². The Kier molecular flexibility index (Phi) is 10.1. The van der Waals surface area contributed by atoms with E-state index in [2.05, 4.69) is 267 Å². The molecule has 0 unspecified atom stereocenters. The molecule has 0 saturated carbocycles. The SMILES string of the molecule is c1ccc(-c2cc(-c3ccccc3)cc(-c3cc(-c4cc(-c5ccccc5)cc(-c5ccccc5)c4)nc(-c4cccc5c4-c4ccccc4C5(c4ccccc4)c4ccccc4)n3)c2)cc1. The molecule has 314 valence electrons. The molecule has 67 heavy (non-hydrogen) atoms. The summed E-state index contributed by atoms with van der Waals surface area (Å²) in [5.41, 5.74) is 20.5. The highest BCUT2D eigenvalue weighted by atomic mass is 14.9. The molecule has 0 aliphatic heterocycles. The lowest BCUT2D eigenvalue weighted by Gasteiger charge is -2.33. The Labute approximate surface area is 392 Å². The minimum atomic E-state index is -0.561. The van der Waals surface area contributed by atoms with Crippen LogP contribution in [0, 0.1) is 0 Å². The van der Waals surface area contributed by atoms with Crippen molar-refractivity contribution in [2.75, 3.05) is 0 Å². The molecular formula is C65H44N2. The smallest absolute Gasteiger partial charge is 0.161 e. The maximum atomic E-state index is 5.66. The van der Waals surface area contributed by atoms with Gasteiger partial charge in [0.2, 0.25) is 0 Å². The Bertz CT molecular complexity index is 3230. The molecule has 1 aliphatic rings. The van der Waals surface area contributed by atoms with Crippen LogP contribution >= 0.6 is 0 Å². The molecule has 2 nitrogen and oxygen atoms in total. The van der Waals surface area contributed by atoms with Gasteiger partial charge in [0, 0.05) is 16.7 Å². The minimum Gasteiger partial charge on any atom is -0.228 e. The molecule has 0 radical (unpaired) electrons. The van der Waals surface area contributed by atoms with Crippen molar-refractivity contribution in [3.63, 3.8) is 0 Å². The monoisotopic (exact) mass is 852 g/mol. The molecule has 0 bridgehead atoms. The topological polar surface area (TPSA) is 25.8 Å². The molecule has 1 aromatic heterocycles. The summed E-state index contributed by atoms with van der Waals surface area (Å²) < 4.78 is 0. The first kappa shape index (κ1) is 39.8. The van der Waals surface area contributed by atoms with Crippen molar-refractivity contribution in [2.45, 2.75) is 5.41 Å². The standard InChI is InChI=1S/C65H44N2/c1-7-22-45(23-8-1)49-38-50(46-24-9-2-10-25-46)41-53(40-49)61-44-62(54-42-51(47-26-11-3-12-27-47)39-52(43-54)48-28-13-4-14-29-48)67-64(66-61)58-35-21-37-60-63(58)57-34-19-20-36-59(57)65(60,55-30-15-5-16-31-55)56-32-17-6-18-33-56/h1-44H. The highest BCUT2D eigenvalue weighted by Crippen LogP contribution is 2.58. The van der Waals surface area contributed by atoms with Crippen LogP contribution in [-0.2, 0) is 5.41 Å². The molecule has 0 N–H and O–H groups in total. The zero-order valence-electron chi connectivity index (χ0n) is 36.8. The van der Waals surface area contributed by atoms with Crippen molar-refractivity contribution in [1.29, 1.82) is 0 Å². The summed E-state index contributed by atoms with van der Waals surface area (Å²) in [5.74, 6) is 0.675. The summed E-state index contributed by atoms with van der Waals surface area (Å²) >= 11 is 0. The highest BCUT2D eigenvalue weighted by molar-refractivity contribution is 5.95. The fraction of sp³-hybridized carbons (Fsp3) is 0.0154.